The molecule has 2 aromatic rings. The summed E-state index contributed by atoms with van der Waals surface area (Å²) in [6.45, 7) is 3.80. The van der Waals surface area contributed by atoms with E-state index in [1.165, 1.54) is 0 Å². The van der Waals surface area contributed by atoms with Crippen molar-refractivity contribution in [2.75, 3.05) is 13.1 Å². The van der Waals surface area contributed by atoms with Gasteiger partial charge in [-0.25, -0.2) is 4.98 Å². The SMILES string of the molecule is CC1CC(C(=O)N2CCC3(CC2)Cc2nccn2-c2ccccc2O3)C1. The summed E-state index contributed by atoms with van der Waals surface area (Å²) in [5.74, 6) is 3.28. The normalized spacial score (nSPS) is 26.3. The molecule has 0 radical (unpaired) electrons. The second kappa shape index (κ2) is 5.86. The highest BCUT2D eigenvalue weighted by Crippen LogP contribution is 2.40. The summed E-state index contributed by atoms with van der Waals surface area (Å²) in [5.41, 5.74) is 0.790. The first kappa shape index (κ1) is 15.9. The number of para-hydroxylation sites is 2. The first-order chi connectivity index (χ1) is 12.6. The van der Waals surface area contributed by atoms with Crippen LogP contribution in [0.4, 0.5) is 0 Å². The summed E-state index contributed by atoms with van der Waals surface area (Å²) in [7, 11) is 0. The monoisotopic (exact) mass is 351 g/mol. The van der Waals surface area contributed by atoms with Crippen LogP contribution in [0, 0.1) is 11.8 Å². The molecule has 5 rings (SSSR count). The molecule has 136 valence electrons. The van der Waals surface area contributed by atoms with Crippen molar-refractivity contribution in [2.45, 2.75) is 44.6 Å². The summed E-state index contributed by atoms with van der Waals surface area (Å²) in [5, 5.41) is 0. The topological polar surface area (TPSA) is 47.4 Å². The zero-order valence-corrected chi connectivity index (χ0v) is 15.2. The number of rotatable bonds is 1. The van der Waals surface area contributed by atoms with Gasteiger partial charge >= 0.3 is 0 Å². The maximum Gasteiger partial charge on any atom is 0.225 e. The van der Waals surface area contributed by atoms with E-state index in [-0.39, 0.29) is 11.5 Å². The number of aromatic nitrogens is 2. The number of amides is 1. The molecule has 1 amide bonds. The largest absolute Gasteiger partial charge is 0.484 e. The minimum atomic E-state index is -0.264. The number of carbonyl (C=O) groups excluding carboxylic acids is 1. The van der Waals surface area contributed by atoms with Crippen molar-refractivity contribution < 1.29 is 9.53 Å². The lowest BCUT2D eigenvalue weighted by Crippen LogP contribution is -2.53. The summed E-state index contributed by atoms with van der Waals surface area (Å²) < 4.78 is 8.71. The average Bonchev–Trinajstić information content (AvgIpc) is 3.02. The Bertz CT molecular complexity index is 829. The summed E-state index contributed by atoms with van der Waals surface area (Å²) >= 11 is 0. The van der Waals surface area contributed by atoms with Crippen LogP contribution >= 0.6 is 0 Å². The molecular weight excluding hydrogens is 326 g/mol. The number of fused-ring (bicyclic) bond motifs is 3. The first-order valence-electron chi connectivity index (χ1n) is 9.73. The van der Waals surface area contributed by atoms with E-state index >= 15 is 0 Å². The molecule has 1 aliphatic carbocycles. The number of carbonyl (C=O) groups is 1. The summed E-state index contributed by atoms with van der Waals surface area (Å²) in [6.07, 6.45) is 8.50. The van der Waals surface area contributed by atoms with Crippen LogP contribution < -0.4 is 4.74 Å². The van der Waals surface area contributed by atoms with Crippen LogP contribution in [0.1, 0.15) is 38.4 Å². The fourth-order valence-corrected chi connectivity index (χ4v) is 4.76. The number of imidazole rings is 1. The lowest BCUT2D eigenvalue weighted by Gasteiger charge is -2.43. The van der Waals surface area contributed by atoms with Crippen LogP contribution in [0.25, 0.3) is 5.69 Å². The van der Waals surface area contributed by atoms with E-state index in [1.54, 1.807) is 0 Å². The third-order valence-corrected chi connectivity index (χ3v) is 6.36. The van der Waals surface area contributed by atoms with E-state index in [1.807, 2.05) is 30.6 Å². The predicted octanol–water partition coefficient (Wildman–Crippen LogP) is 3.21. The second-order valence-corrected chi connectivity index (χ2v) is 8.24. The van der Waals surface area contributed by atoms with E-state index in [2.05, 4.69) is 27.4 Å². The molecule has 2 aliphatic heterocycles. The molecule has 1 aromatic heterocycles. The summed E-state index contributed by atoms with van der Waals surface area (Å²) in [4.78, 5) is 19.3. The van der Waals surface area contributed by atoms with Gasteiger partial charge in [0.05, 0.1) is 5.69 Å². The Morgan fingerprint density at radius 3 is 2.77 bits per heavy atom. The van der Waals surface area contributed by atoms with Gasteiger partial charge in [0.25, 0.3) is 0 Å². The Kier molecular flexibility index (Phi) is 3.59. The molecule has 0 unspecified atom stereocenters. The number of nitrogens with zero attached hydrogens (tertiary/aromatic N) is 3. The van der Waals surface area contributed by atoms with Crippen LogP contribution in [-0.4, -0.2) is 39.0 Å². The summed E-state index contributed by atoms with van der Waals surface area (Å²) in [6, 6.07) is 8.17. The minimum absolute atomic E-state index is 0.258. The van der Waals surface area contributed by atoms with Crippen molar-refractivity contribution in [3.05, 3.63) is 42.5 Å². The van der Waals surface area contributed by atoms with Gasteiger partial charge in [0.1, 0.15) is 17.2 Å². The van der Waals surface area contributed by atoms with Crippen LogP contribution in [0.3, 0.4) is 0 Å². The van der Waals surface area contributed by atoms with Gasteiger partial charge in [0.15, 0.2) is 0 Å². The van der Waals surface area contributed by atoms with Crippen molar-refractivity contribution in [1.82, 2.24) is 14.5 Å². The van der Waals surface area contributed by atoms with Gasteiger partial charge in [0, 0.05) is 50.7 Å². The van der Waals surface area contributed by atoms with Crippen molar-refractivity contribution in [1.29, 1.82) is 0 Å². The highest BCUT2D eigenvalue weighted by Gasteiger charge is 2.43. The number of hydrogen-bond donors (Lipinski definition) is 0. The Morgan fingerprint density at radius 1 is 1.23 bits per heavy atom. The standard InChI is InChI=1S/C21H25N3O2/c1-15-12-16(13-15)20(25)23-9-6-21(7-10-23)14-19-22-8-11-24(19)17-4-2-3-5-18(17)26-21/h2-5,8,11,15-16H,6-7,9-10,12-14H2,1H3. The van der Waals surface area contributed by atoms with Crippen molar-refractivity contribution >= 4 is 5.91 Å². The van der Waals surface area contributed by atoms with Gasteiger partial charge < -0.3 is 14.2 Å². The van der Waals surface area contributed by atoms with Gasteiger partial charge in [-0.1, -0.05) is 19.1 Å². The van der Waals surface area contributed by atoms with Gasteiger partial charge in [-0.3, -0.25) is 4.79 Å². The van der Waals surface area contributed by atoms with E-state index in [0.29, 0.717) is 11.8 Å². The molecule has 2 fully saturated rings. The number of likely N-dealkylation sites (tertiary alicyclic amines) is 1. The zero-order valence-electron chi connectivity index (χ0n) is 15.2. The Hall–Kier alpha value is -2.30. The Morgan fingerprint density at radius 2 is 2.00 bits per heavy atom. The van der Waals surface area contributed by atoms with E-state index < -0.39 is 0 Å². The van der Waals surface area contributed by atoms with Gasteiger partial charge in [-0.05, 0) is 30.9 Å². The molecule has 0 bridgehead atoms. The fourth-order valence-electron chi connectivity index (χ4n) is 4.76. The first-order valence-corrected chi connectivity index (χ1v) is 9.73. The third kappa shape index (κ3) is 2.52. The van der Waals surface area contributed by atoms with E-state index in [4.69, 9.17) is 4.74 Å². The molecule has 1 saturated carbocycles. The maximum absolute atomic E-state index is 12.7. The molecule has 1 aromatic carbocycles. The lowest BCUT2D eigenvalue weighted by molar-refractivity contribution is -0.143. The van der Waals surface area contributed by atoms with Crippen molar-refractivity contribution in [2.24, 2.45) is 11.8 Å². The van der Waals surface area contributed by atoms with Crippen LogP contribution in [-0.2, 0) is 11.2 Å². The molecule has 3 aliphatic rings. The third-order valence-electron chi connectivity index (χ3n) is 6.36. The van der Waals surface area contributed by atoms with Crippen LogP contribution in [0.15, 0.2) is 36.7 Å². The number of piperidine rings is 1. The van der Waals surface area contributed by atoms with Crippen molar-refractivity contribution in [3.63, 3.8) is 0 Å². The molecule has 5 heteroatoms. The Labute approximate surface area is 154 Å². The van der Waals surface area contributed by atoms with Gasteiger partial charge in [0.2, 0.25) is 5.91 Å². The molecule has 1 spiro atoms. The lowest BCUT2D eigenvalue weighted by atomic mass is 9.75. The molecule has 0 atom stereocenters. The van der Waals surface area contributed by atoms with Crippen molar-refractivity contribution in [3.8, 4) is 11.4 Å². The maximum atomic E-state index is 12.7. The number of ether oxygens (including phenoxy) is 1. The smallest absolute Gasteiger partial charge is 0.225 e. The van der Waals surface area contributed by atoms with Gasteiger partial charge in [-0.15, -0.1) is 0 Å². The average molecular weight is 351 g/mol. The van der Waals surface area contributed by atoms with Gasteiger partial charge in [-0.2, -0.15) is 0 Å². The van der Waals surface area contributed by atoms with E-state index in [9.17, 15) is 4.79 Å². The van der Waals surface area contributed by atoms with E-state index in [0.717, 1.165) is 62.5 Å². The highest BCUT2D eigenvalue weighted by atomic mass is 16.5. The molecule has 1 saturated heterocycles. The molecule has 0 N–H and O–H groups in total. The Balaban J connectivity index is 1.37. The minimum Gasteiger partial charge on any atom is -0.484 e. The van der Waals surface area contributed by atoms with Crippen LogP contribution in [0.5, 0.6) is 5.75 Å². The quantitative estimate of drug-likeness (QED) is 0.793. The zero-order chi connectivity index (χ0) is 17.7. The number of benzene rings is 1. The fraction of sp³-hybridized carbons (Fsp3) is 0.524. The number of hydrogen-bond acceptors (Lipinski definition) is 3. The molecule has 26 heavy (non-hydrogen) atoms. The highest BCUT2D eigenvalue weighted by molar-refractivity contribution is 5.79. The molecule has 5 nitrogen and oxygen atoms in total. The predicted molar refractivity (Wildman–Crippen MR) is 98.3 cm³/mol. The molecule has 3 heterocycles. The second-order valence-electron chi connectivity index (χ2n) is 8.24. The molecular formula is C21H25N3O2. The van der Waals surface area contributed by atoms with Crippen LogP contribution in [0.2, 0.25) is 0 Å².